The second kappa shape index (κ2) is 9.20. The van der Waals surface area contributed by atoms with Crippen molar-refractivity contribution in [1.29, 1.82) is 0 Å². The molecule has 120 valence electrons. The first-order valence-corrected chi connectivity index (χ1v) is 7.27. The maximum absolute atomic E-state index is 13.4. The molecule has 1 atom stereocenters. The van der Waals surface area contributed by atoms with E-state index in [0.717, 1.165) is 6.07 Å². The maximum atomic E-state index is 13.4. The molecule has 22 heavy (non-hydrogen) atoms. The number of carbonyl (C=O) groups is 2. The predicted molar refractivity (Wildman–Crippen MR) is 81.3 cm³/mol. The average molecular weight is 329 g/mol. The van der Waals surface area contributed by atoms with Gasteiger partial charge in [0.25, 0.3) is 0 Å². The number of benzene rings is 1. The Labute approximate surface area is 133 Å². The van der Waals surface area contributed by atoms with Gasteiger partial charge in [0.05, 0.1) is 5.02 Å². The Kier molecular flexibility index (Phi) is 7.60. The first-order valence-electron chi connectivity index (χ1n) is 6.89. The third-order valence-electron chi connectivity index (χ3n) is 2.73. The van der Waals surface area contributed by atoms with E-state index < -0.39 is 17.8 Å². The van der Waals surface area contributed by atoms with Gasteiger partial charge in [-0.3, -0.25) is 9.59 Å². The SMILES string of the molecule is C=CCC(C)OC(=O)CCCC(=O)Oc1c(F)cccc1Cl. The minimum atomic E-state index is -0.710. The zero-order valence-electron chi connectivity index (χ0n) is 12.3. The number of hydrogen-bond acceptors (Lipinski definition) is 4. The molecule has 0 aliphatic heterocycles. The molecule has 0 saturated heterocycles. The predicted octanol–water partition coefficient (Wildman–Crippen LogP) is 4.06. The Morgan fingerprint density at radius 3 is 2.68 bits per heavy atom. The minimum Gasteiger partial charge on any atom is -0.462 e. The molecule has 4 nitrogen and oxygen atoms in total. The normalized spacial score (nSPS) is 11.6. The highest BCUT2D eigenvalue weighted by Gasteiger charge is 2.14. The minimum absolute atomic E-state index is 0.0195. The molecule has 0 radical (unpaired) electrons. The van der Waals surface area contributed by atoms with Crippen molar-refractivity contribution in [3.8, 4) is 5.75 Å². The van der Waals surface area contributed by atoms with Crippen molar-refractivity contribution in [3.63, 3.8) is 0 Å². The fourth-order valence-corrected chi connectivity index (χ4v) is 1.89. The Morgan fingerprint density at radius 1 is 1.36 bits per heavy atom. The van der Waals surface area contributed by atoms with E-state index in [1.807, 2.05) is 0 Å². The summed E-state index contributed by atoms with van der Waals surface area (Å²) in [6.45, 7) is 5.31. The Morgan fingerprint density at radius 2 is 2.05 bits per heavy atom. The summed E-state index contributed by atoms with van der Waals surface area (Å²) >= 11 is 5.75. The van der Waals surface area contributed by atoms with Crippen LogP contribution in [0.4, 0.5) is 4.39 Å². The van der Waals surface area contributed by atoms with E-state index in [-0.39, 0.29) is 36.1 Å². The Balaban J connectivity index is 2.35. The summed E-state index contributed by atoms with van der Waals surface area (Å²) in [6.07, 6.45) is 2.29. The smallest absolute Gasteiger partial charge is 0.311 e. The Hall–Kier alpha value is -1.88. The molecule has 0 aliphatic carbocycles. The quantitative estimate of drug-likeness (QED) is 0.410. The molecule has 0 bridgehead atoms. The molecule has 0 aromatic heterocycles. The van der Waals surface area contributed by atoms with Crippen LogP contribution in [-0.2, 0) is 14.3 Å². The van der Waals surface area contributed by atoms with Crippen LogP contribution in [0, 0.1) is 5.82 Å². The first-order chi connectivity index (χ1) is 10.4. The molecule has 0 spiro atoms. The van der Waals surface area contributed by atoms with Crippen molar-refractivity contribution in [2.45, 2.75) is 38.7 Å². The van der Waals surface area contributed by atoms with Gasteiger partial charge in [-0.15, -0.1) is 6.58 Å². The maximum Gasteiger partial charge on any atom is 0.311 e. The molecule has 1 aromatic rings. The lowest BCUT2D eigenvalue weighted by atomic mass is 10.2. The van der Waals surface area contributed by atoms with Crippen LogP contribution in [0.25, 0.3) is 0 Å². The van der Waals surface area contributed by atoms with Crippen molar-refractivity contribution in [2.24, 2.45) is 0 Å². The van der Waals surface area contributed by atoms with Crippen molar-refractivity contribution < 1.29 is 23.5 Å². The lowest BCUT2D eigenvalue weighted by Gasteiger charge is -2.11. The number of ether oxygens (including phenoxy) is 2. The largest absolute Gasteiger partial charge is 0.462 e. The molecule has 0 saturated carbocycles. The zero-order valence-corrected chi connectivity index (χ0v) is 13.1. The van der Waals surface area contributed by atoms with Crippen molar-refractivity contribution in [3.05, 3.63) is 41.7 Å². The van der Waals surface area contributed by atoms with Crippen LogP contribution in [-0.4, -0.2) is 18.0 Å². The third kappa shape index (κ3) is 6.26. The molecule has 0 aliphatic rings. The summed E-state index contributed by atoms with van der Waals surface area (Å²) in [5.41, 5.74) is 0. The van der Waals surface area contributed by atoms with Gasteiger partial charge in [-0.1, -0.05) is 23.7 Å². The topological polar surface area (TPSA) is 52.6 Å². The molecule has 0 N–H and O–H groups in total. The van der Waals surface area contributed by atoms with Gasteiger partial charge in [0.1, 0.15) is 6.10 Å². The molecule has 0 fully saturated rings. The number of esters is 2. The fraction of sp³-hybridized carbons (Fsp3) is 0.375. The average Bonchev–Trinajstić information content (AvgIpc) is 2.43. The van der Waals surface area contributed by atoms with Crippen molar-refractivity contribution in [2.75, 3.05) is 0 Å². The third-order valence-corrected chi connectivity index (χ3v) is 3.03. The molecular weight excluding hydrogens is 311 g/mol. The highest BCUT2D eigenvalue weighted by atomic mass is 35.5. The first kappa shape index (κ1) is 18.2. The van der Waals surface area contributed by atoms with Crippen LogP contribution in [0.2, 0.25) is 5.02 Å². The number of para-hydroxylation sites is 1. The summed E-state index contributed by atoms with van der Waals surface area (Å²) in [4.78, 5) is 23.1. The number of rotatable bonds is 8. The van der Waals surface area contributed by atoms with Gasteiger partial charge in [0.15, 0.2) is 11.6 Å². The summed E-state index contributed by atoms with van der Waals surface area (Å²) in [5, 5.41) is 0.0195. The van der Waals surface area contributed by atoms with Gasteiger partial charge in [-0.25, -0.2) is 4.39 Å². The molecule has 0 amide bonds. The summed E-state index contributed by atoms with van der Waals surface area (Å²) in [7, 11) is 0. The summed E-state index contributed by atoms with van der Waals surface area (Å²) in [5.74, 6) is -2.06. The number of halogens is 2. The van der Waals surface area contributed by atoms with Crippen LogP contribution in [0.3, 0.4) is 0 Å². The van der Waals surface area contributed by atoms with Gasteiger partial charge in [0.2, 0.25) is 0 Å². The lowest BCUT2D eigenvalue weighted by molar-refractivity contribution is -0.148. The molecule has 0 heterocycles. The van der Waals surface area contributed by atoms with E-state index in [4.69, 9.17) is 21.1 Å². The second-order valence-corrected chi connectivity index (χ2v) is 5.11. The van der Waals surface area contributed by atoms with Crippen LogP contribution >= 0.6 is 11.6 Å². The van der Waals surface area contributed by atoms with Gasteiger partial charge in [-0.05, 0) is 25.5 Å². The zero-order chi connectivity index (χ0) is 16.5. The molecule has 1 aromatic carbocycles. The monoisotopic (exact) mass is 328 g/mol. The highest BCUT2D eigenvalue weighted by Crippen LogP contribution is 2.27. The van der Waals surface area contributed by atoms with E-state index >= 15 is 0 Å². The second-order valence-electron chi connectivity index (χ2n) is 4.70. The Bertz CT molecular complexity index is 525. The molecular formula is C16H18ClFO4. The summed E-state index contributed by atoms with van der Waals surface area (Å²) in [6, 6.07) is 3.98. The van der Waals surface area contributed by atoms with Crippen molar-refractivity contribution >= 4 is 23.5 Å². The van der Waals surface area contributed by atoms with Crippen molar-refractivity contribution in [1.82, 2.24) is 0 Å². The van der Waals surface area contributed by atoms with E-state index in [2.05, 4.69) is 6.58 Å². The van der Waals surface area contributed by atoms with Gasteiger partial charge in [-0.2, -0.15) is 0 Å². The highest BCUT2D eigenvalue weighted by molar-refractivity contribution is 6.32. The number of hydrogen-bond donors (Lipinski definition) is 0. The number of carbonyl (C=O) groups excluding carboxylic acids is 2. The van der Waals surface area contributed by atoms with E-state index in [1.165, 1.54) is 12.1 Å². The molecule has 1 rings (SSSR count). The van der Waals surface area contributed by atoms with Crippen LogP contribution < -0.4 is 4.74 Å². The molecule has 1 unspecified atom stereocenters. The molecule has 6 heteroatoms. The van der Waals surface area contributed by atoms with E-state index in [0.29, 0.717) is 6.42 Å². The standard InChI is InChI=1S/C16H18ClFO4/c1-3-6-11(2)21-14(19)9-5-10-15(20)22-16-12(17)7-4-8-13(16)18/h3-4,7-8,11H,1,5-6,9-10H2,2H3. The van der Waals surface area contributed by atoms with Gasteiger partial charge >= 0.3 is 11.9 Å². The summed E-state index contributed by atoms with van der Waals surface area (Å²) < 4.78 is 23.4. The van der Waals surface area contributed by atoms with E-state index in [9.17, 15) is 14.0 Å². The van der Waals surface area contributed by atoms with Crippen LogP contribution in [0.5, 0.6) is 5.75 Å². The van der Waals surface area contributed by atoms with Crippen LogP contribution in [0.15, 0.2) is 30.9 Å². The fourth-order valence-electron chi connectivity index (χ4n) is 1.69. The van der Waals surface area contributed by atoms with E-state index in [1.54, 1.807) is 13.0 Å². The lowest BCUT2D eigenvalue weighted by Crippen LogP contribution is -2.15. The van der Waals surface area contributed by atoms with Gasteiger partial charge in [0, 0.05) is 19.3 Å². The van der Waals surface area contributed by atoms with Gasteiger partial charge < -0.3 is 9.47 Å². The van der Waals surface area contributed by atoms with Crippen LogP contribution in [0.1, 0.15) is 32.6 Å².